The molecule has 1 aromatic rings. The van der Waals surface area contributed by atoms with Crippen molar-refractivity contribution in [1.29, 1.82) is 0 Å². The van der Waals surface area contributed by atoms with Crippen molar-refractivity contribution in [1.82, 2.24) is 9.88 Å². The summed E-state index contributed by atoms with van der Waals surface area (Å²) in [6.07, 6.45) is 4.03. The van der Waals surface area contributed by atoms with Crippen LogP contribution in [0.15, 0.2) is 18.5 Å². The average Bonchev–Trinajstić information content (AvgIpc) is 2.48. The Kier molecular flexibility index (Phi) is 7.33. The molecule has 20 heavy (non-hydrogen) atoms. The minimum absolute atomic E-state index is 0.00583. The number of aromatic nitrogens is 1. The van der Waals surface area contributed by atoms with Gasteiger partial charge in [-0.05, 0) is 19.4 Å². The quantitative estimate of drug-likeness (QED) is 0.749. The van der Waals surface area contributed by atoms with Crippen molar-refractivity contribution in [3.05, 3.63) is 29.6 Å². The Labute approximate surface area is 119 Å². The lowest BCUT2D eigenvalue weighted by molar-refractivity contribution is 0.0754. The minimum Gasteiger partial charge on any atom is -0.396 e. The van der Waals surface area contributed by atoms with E-state index in [9.17, 15) is 4.79 Å². The topological polar surface area (TPSA) is 73.7 Å². The summed E-state index contributed by atoms with van der Waals surface area (Å²) in [6.45, 7) is 3.04. The van der Waals surface area contributed by atoms with E-state index in [1.54, 1.807) is 23.4 Å². The van der Waals surface area contributed by atoms with Gasteiger partial charge in [-0.25, -0.2) is 0 Å². The number of amides is 1. The maximum atomic E-state index is 12.4. The molecule has 0 saturated carbocycles. The molecule has 0 radical (unpaired) electrons. The molecule has 5 heteroatoms. The highest BCUT2D eigenvalue weighted by Gasteiger charge is 2.16. The van der Waals surface area contributed by atoms with Crippen molar-refractivity contribution in [2.24, 2.45) is 0 Å². The highest BCUT2D eigenvalue weighted by atomic mass is 16.3. The number of aliphatic hydroxyl groups is 2. The zero-order valence-corrected chi connectivity index (χ0v) is 11.7. The first-order chi connectivity index (χ1) is 9.74. The second-order valence-corrected chi connectivity index (χ2v) is 4.16. The molecule has 0 aliphatic heterocycles. The Morgan fingerprint density at radius 3 is 2.85 bits per heavy atom. The number of carbonyl (C=O) groups is 1. The van der Waals surface area contributed by atoms with Crippen molar-refractivity contribution in [3.8, 4) is 11.8 Å². The van der Waals surface area contributed by atoms with E-state index in [0.717, 1.165) is 0 Å². The maximum absolute atomic E-state index is 12.4. The fourth-order valence-corrected chi connectivity index (χ4v) is 1.73. The molecule has 5 nitrogen and oxygen atoms in total. The summed E-state index contributed by atoms with van der Waals surface area (Å²) in [5, 5.41) is 17.6. The van der Waals surface area contributed by atoms with Crippen LogP contribution in [0, 0.1) is 11.8 Å². The first-order valence-corrected chi connectivity index (χ1v) is 6.68. The van der Waals surface area contributed by atoms with Gasteiger partial charge >= 0.3 is 0 Å². The van der Waals surface area contributed by atoms with Gasteiger partial charge < -0.3 is 15.1 Å². The van der Waals surface area contributed by atoms with Crippen LogP contribution in [0.1, 0.15) is 35.7 Å². The van der Waals surface area contributed by atoms with Crippen molar-refractivity contribution in [2.45, 2.75) is 19.8 Å². The van der Waals surface area contributed by atoms with E-state index < -0.39 is 0 Å². The molecule has 0 saturated heterocycles. The van der Waals surface area contributed by atoms with Crippen LogP contribution >= 0.6 is 0 Å². The van der Waals surface area contributed by atoms with Crippen molar-refractivity contribution < 1.29 is 15.0 Å². The van der Waals surface area contributed by atoms with Crippen LogP contribution in [0.25, 0.3) is 0 Å². The summed E-state index contributed by atoms with van der Waals surface area (Å²) < 4.78 is 0. The summed E-state index contributed by atoms with van der Waals surface area (Å²) >= 11 is 0. The molecule has 0 unspecified atom stereocenters. The highest BCUT2D eigenvalue weighted by molar-refractivity contribution is 5.96. The number of rotatable bonds is 6. The summed E-state index contributed by atoms with van der Waals surface area (Å²) in [5.41, 5.74) is 1.07. The number of aliphatic hydroxyl groups excluding tert-OH is 2. The third-order valence-corrected chi connectivity index (χ3v) is 2.77. The number of carbonyl (C=O) groups excluding carboxylic acids is 1. The Balaban J connectivity index is 2.94. The van der Waals surface area contributed by atoms with Gasteiger partial charge in [0, 0.05) is 38.5 Å². The Morgan fingerprint density at radius 1 is 1.40 bits per heavy atom. The number of nitrogens with zero attached hydrogens (tertiary/aromatic N) is 2. The van der Waals surface area contributed by atoms with Gasteiger partial charge in [0.25, 0.3) is 5.91 Å². The predicted molar refractivity (Wildman–Crippen MR) is 76.1 cm³/mol. The van der Waals surface area contributed by atoms with Gasteiger partial charge in [0.1, 0.15) is 0 Å². The lowest BCUT2D eigenvalue weighted by atomic mass is 10.1. The van der Waals surface area contributed by atoms with E-state index in [1.807, 2.05) is 6.92 Å². The second kappa shape index (κ2) is 9.08. The third-order valence-electron chi connectivity index (χ3n) is 2.77. The van der Waals surface area contributed by atoms with Crippen LogP contribution in [-0.2, 0) is 0 Å². The first-order valence-electron chi connectivity index (χ1n) is 6.68. The van der Waals surface area contributed by atoms with E-state index in [0.29, 0.717) is 37.1 Å². The second-order valence-electron chi connectivity index (χ2n) is 4.16. The largest absolute Gasteiger partial charge is 0.396 e. The molecule has 1 rings (SSSR count). The van der Waals surface area contributed by atoms with Gasteiger partial charge in [0.05, 0.1) is 17.7 Å². The minimum atomic E-state index is -0.114. The van der Waals surface area contributed by atoms with Crippen LogP contribution in [0.3, 0.4) is 0 Å². The van der Waals surface area contributed by atoms with Crippen LogP contribution in [0.4, 0.5) is 0 Å². The molecule has 2 N–H and O–H groups in total. The monoisotopic (exact) mass is 276 g/mol. The standard InChI is InChI=1S/C15H20N2O3/c1-2-17(9-5-11-19)15(20)14-7-8-16-12-13(14)6-3-4-10-18/h7-8,12,18-19H,2,4-5,9-11H2,1H3. The Hall–Kier alpha value is -1.90. The van der Waals surface area contributed by atoms with Gasteiger partial charge in [-0.1, -0.05) is 11.8 Å². The van der Waals surface area contributed by atoms with Gasteiger partial charge in [0.15, 0.2) is 0 Å². The number of hydrogen-bond donors (Lipinski definition) is 2. The third kappa shape index (κ3) is 4.65. The summed E-state index contributed by atoms with van der Waals surface area (Å²) in [6, 6.07) is 1.65. The first kappa shape index (κ1) is 16.2. The zero-order valence-electron chi connectivity index (χ0n) is 11.7. The molecule has 0 aliphatic carbocycles. The van der Waals surface area contributed by atoms with Crippen LogP contribution < -0.4 is 0 Å². The molecule has 0 atom stereocenters. The fraction of sp³-hybridized carbons (Fsp3) is 0.467. The summed E-state index contributed by atoms with van der Waals surface area (Å²) in [4.78, 5) is 18.1. The smallest absolute Gasteiger partial charge is 0.255 e. The van der Waals surface area contributed by atoms with E-state index in [-0.39, 0.29) is 19.1 Å². The Morgan fingerprint density at radius 2 is 2.20 bits per heavy atom. The molecule has 0 aliphatic rings. The van der Waals surface area contributed by atoms with Crippen molar-refractivity contribution >= 4 is 5.91 Å². The lowest BCUT2D eigenvalue weighted by Crippen LogP contribution is -2.32. The molecule has 1 heterocycles. The van der Waals surface area contributed by atoms with Crippen molar-refractivity contribution in [2.75, 3.05) is 26.3 Å². The molecular formula is C15H20N2O3. The molecule has 1 aromatic heterocycles. The van der Waals surface area contributed by atoms with E-state index in [1.165, 1.54) is 0 Å². The highest BCUT2D eigenvalue weighted by Crippen LogP contribution is 2.10. The maximum Gasteiger partial charge on any atom is 0.255 e. The van der Waals surface area contributed by atoms with Crippen LogP contribution in [0.2, 0.25) is 0 Å². The van der Waals surface area contributed by atoms with Gasteiger partial charge in [-0.3, -0.25) is 9.78 Å². The summed E-state index contributed by atoms with van der Waals surface area (Å²) in [7, 11) is 0. The van der Waals surface area contributed by atoms with Crippen LogP contribution in [0.5, 0.6) is 0 Å². The molecule has 0 bridgehead atoms. The van der Waals surface area contributed by atoms with Gasteiger partial charge in [-0.15, -0.1) is 0 Å². The van der Waals surface area contributed by atoms with E-state index in [2.05, 4.69) is 16.8 Å². The molecule has 0 aromatic carbocycles. The number of hydrogen-bond acceptors (Lipinski definition) is 4. The SMILES string of the molecule is CCN(CCCO)C(=O)c1ccncc1C#CCCO. The molecule has 0 spiro atoms. The van der Waals surface area contributed by atoms with E-state index in [4.69, 9.17) is 10.2 Å². The molecule has 1 amide bonds. The fourth-order valence-electron chi connectivity index (χ4n) is 1.73. The number of pyridine rings is 1. The normalized spacial score (nSPS) is 9.75. The van der Waals surface area contributed by atoms with Gasteiger partial charge in [-0.2, -0.15) is 0 Å². The lowest BCUT2D eigenvalue weighted by Gasteiger charge is -2.21. The zero-order chi connectivity index (χ0) is 14.8. The Bertz CT molecular complexity index is 491. The molecule has 108 valence electrons. The predicted octanol–water partition coefficient (Wildman–Crippen LogP) is 0.660. The van der Waals surface area contributed by atoms with E-state index >= 15 is 0 Å². The summed E-state index contributed by atoms with van der Waals surface area (Å²) in [5.74, 6) is 5.54. The van der Waals surface area contributed by atoms with Crippen LogP contribution in [-0.4, -0.2) is 52.3 Å². The molecule has 0 fully saturated rings. The van der Waals surface area contributed by atoms with Gasteiger partial charge in [0.2, 0.25) is 0 Å². The van der Waals surface area contributed by atoms with Crippen molar-refractivity contribution in [3.63, 3.8) is 0 Å². The average molecular weight is 276 g/mol. The molecular weight excluding hydrogens is 256 g/mol.